The van der Waals surface area contributed by atoms with Crippen LogP contribution >= 0.6 is 0 Å². The van der Waals surface area contributed by atoms with Crippen LogP contribution in [0.5, 0.6) is 0 Å². The average molecular weight is 296 g/mol. The summed E-state index contributed by atoms with van der Waals surface area (Å²) in [6.07, 6.45) is 12.8. The molecule has 0 aromatic carbocycles. The van der Waals surface area contributed by atoms with E-state index >= 15 is 0 Å². The smallest absolute Gasteiger partial charge is 0.220 e. The number of nitrogens with one attached hydrogen (secondary N) is 1. The maximum absolute atomic E-state index is 11.8. The molecule has 3 N–H and O–H groups in total. The monoisotopic (exact) mass is 296 g/mol. The molecule has 1 aliphatic rings. The van der Waals surface area contributed by atoms with Crippen molar-refractivity contribution in [3.8, 4) is 0 Å². The predicted octanol–water partition coefficient (Wildman–Crippen LogP) is 4.01. The maximum atomic E-state index is 11.8. The number of rotatable bonds is 10. The molecule has 3 nitrogen and oxygen atoms in total. The van der Waals surface area contributed by atoms with E-state index in [1.807, 2.05) is 0 Å². The van der Waals surface area contributed by atoms with Gasteiger partial charge in [0.2, 0.25) is 5.91 Å². The zero-order chi connectivity index (χ0) is 15.5. The lowest BCUT2D eigenvalue weighted by Crippen LogP contribution is -2.29. The van der Waals surface area contributed by atoms with Crippen molar-refractivity contribution < 1.29 is 4.79 Å². The van der Waals surface area contributed by atoms with E-state index in [1.165, 1.54) is 44.9 Å². The van der Waals surface area contributed by atoms with Crippen LogP contribution in [0.15, 0.2) is 0 Å². The molecule has 0 radical (unpaired) electrons. The quantitative estimate of drug-likeness (QED) is 0.599. The largest absolute Gasteiger partial charge is 0.356 e. The van der Waals surface area contributed by atoms with Crippen LogP contribution in [0.4, 0.5) is 0 Å². The molecule has 124 valence electrons. The average Bonchev–Trinajstić information content (AvgIpc) is 2.44. The summed E-state index contributed by atoms with van der Waals surface area (Å²) >= 11 is 0. The molecular formula is C18H36N2O. The summed E-state index contributed by atoms with van der Waals surface area (Å²) in [5.41, 5.74) is 5.99. The second kappa shape index (κ2) is 11.1. The summed E-state index contributed by atoms with van der Waals surface area (Å²) in [6.45, 7) is 5.41. The van der Waals surface area contributed by atoms with Crippen LogP contribution in [0.25, 0.3) is 0 Å². The Hall–Kier alpha value is -0.570. The highest BCUT2D eigenvalue weighted by Gasteiger charge is 2.19. The van der Waals surface area contributed by atoms with Gasteiger partial charge in [-0.1, -0.05) is 52.4 Å². The number of hydrogen-bond donors (Lipinski definition) is 2. The van der Waals surface area contributed by atoms with Gasteiger partial charge in [-0.25, -0.2) is 0 Å². The van der Waals surface area contributed by atoms with E-state index in [0.29, 0.717) is 18.4 Å². The van der Waals surface area contributed by atoms with Crippen LogP contribution in [0.2, 0.25) is 0 Å². The molecule has 3 heteroatoms. The molecular weight excluding hydrogens is 260 g/mol. The van der Waals surface area contributed by atoms with Crippen molar-refractivity contribution in [2.45, 2.75) is 90.5 Å². The van der Waals surface area contributed by atoms with Crippen LogP contribution in [-0.2, 0) is 4.79 Å². The van der Waals surface area contributed by atoms with Gasteiger partial charge in [0.05, 0.1) is 0 Å². The molecule has 0 aromatic rings. The van der Waals surface area contributed by atoms with E-state index in [2.05, 4.69) is 19.2 Å². The van der Waals surface area contributed by atoms with Crippen molar-refractivity contribution in [3.05, 3.63) is 0 Å². The number of unbranched alkanes of at least 4 members (excludes halogenated alkanes) is 3. The molecule has 0 heterocycles. The zero-order valence-corrected chi connectivity index (χ0v) is 14.2. The highest BCUT2D eigenvalue weighted by molar-refractivity contribution is 5.75. The SMILES string of the molecule is CC(C)CCCCCCNC(=O)CCC1CCCC(N)C1. The second-order valence-electron chi connectivity index (χ2n) is 7.28. The van der Waals surface area contributed by atoms with Crippen LogP contribution < -0.4 is 11.1 Å². The lowest BCUT2D eigenvalue weighted by molar-refractivity contribution is -0.121. The first-order chi connectivity index (χ1) is 10.1. The van der Waals surface area contributed by atoms with Gasteiger partial charge in [-0.15, -0.1) is 0 Å². The Morgan fingerprint density at radius 2 is 1.95 bits per heavy atom. The fraction of sp³-hybridized carbons (Fsp3) is 0.944. The topological polar surface area (TPSA) is 55.1 Å². The van der Waals surface area contributed by atoms with Crippen molar-refractivity contribution in [2.75, 3.05) is 6.54 Å². The Balaban J connectivity index is 1.92. The molecule has 1 fully saturated rings. The summed E-state index contributed by atoms with van der Waals surface area (Å²) in [6, 6.07) is 0.373. The van der Waals surface area contributed by atoms with Crippen LogP contribution in [0.3, 0.4) is 0 Å². The Morgan fingerprint density at radius 1 is 1.19 bits per heavy atom. The molecule has 0 bridgehead atoms. The highest BCUT2D eigenvalue weighted by atomic mass is 16.1. The zero-order valence-electron chi connectivity index (χ0n) is 14.2. The number of amides is 1. The van der Waals surface area contributed by atoms with Crippen molar-refractivity contribution in [1.82, 2.24) is 5.32 Å². The molecule has 0 spiro atoms. The van der Waals surface area contributed by atoms with E-state index < -0.39 is 0 Å². The third-order valence-corrected chi connectivity index (χ3v) is 4.63. The van der Waals surface area contributed by atoms with Crippen molar-refractivity contribution in [3.63, 3.8) is 0 Å². The Labute approximate surface area is 131 Å². The van der Waals surface area contributed by atoms with Crippen molar-refractivity contribution in [1.29, 1.82) is 0 Å². The third-order valence-electron chi connectivity index (χ3n) is 4.63. The second-order valence-corrected chi connectivity index (χ2v) is 7.28. The number of nitrogens with two attached hydrogens (primary N) is 1. The summed E-state index contributed by atoms with van der Waals surface area (Å²) in [5.74, 6) is 1.73. The van der Waals surface area contributed by atoms with Gasteiger partial charge < -0.3 is 11.1 Å². The first-order valence-corrected chi connectivity index (χ1v) is 9.10. The highest BCUT2D eigenvalue weighted by Crippen LogP contribution is 2.26. The Morgan fingerprint density at radius 3 is 2.67 bits per heavy atom. The van der Waals surface area contributed by atoms with Crippen molar-refractivity contribution >= 4 is 5.91 Å². The fourth-order valence-electron chi connectivity index (χ4n) is 3.28. The number of carbonyl (C=O) groups is 1. The fourth-order valence-corrected chi connectivity index (χ4v) is 3.28. The summed E-state index contributed by atoms with van der Waals surface area (Å²) in [5, 5.41) is 3.06. The van der Waals surface area contributed by atoms with E-state index in [4.69, 9.17) is 5.73 Å². The molecule has 0 aromatic heterocycles. The van der Waals surface area contributed by atoms with Crippen LogP contribution in [-0.4, -0.2) is 18.5 Å². The van der Waals surface area contributed by atoms with E-state index in [-0.39, 0.29) is 5.91 Å². The lowest BCUT2D eigenvalue weighted by atomic mass is 9.83. The van der Waals surface area contributed by atoms with Gasteiger partial charge in [0, 0.05) is 19.0 Å². The molecule has 1 aliphatic carbocycles. The molecule has 1 rings (SSSR count). The summed E-state index contributed by atoms with van der Waals surface area (Å²) in [4.78, 5) is 11.8. The van der Waals surface area contributed by atoms with Gasteiger partial charge in [0.15, 0.2) is 0 Å². The minimum absolute atomic E-state index is 0.233. The molecule has 2 unspecified atom stereocenters. The van der Waals surface area contributed by atoms with Gasteiger partial charge in [-0.2, -0.15) is 0 Å². The number of hydrogen-bond acceptors (Lipinski definition) is 2. The van der Waals surface area contributed by atoms with Gasteiger partial charge in [0.25, 0.3) is 0 Å². The minimum Gasteiger partial charge on any atom is -0.356 e. The lowest BCUT2D eigenvalue weighted by Gasteiger charge is -2.26. The first kappa shape index (κ1) is 18.5. The normalized spacial score (nSPS) is 22.5. The first-order valence-electron chi connectivity index (χ1n) is 9.10. The number of carbonyl (C=O) groups excluding carboxylic acids is 1. The standard InChI is InChI=1S/C18H36N2O/c1-15(2)8-5-3-4-6-13-20-18(21)12-11-16-9-7-10-17(19)14-16/h15-17H,3-14,19H2,1-2H3,(H,20,21). The molecule has 2 atom stereocenters. The third kappa shape index (κ3) is 9.89. The Bertz CT molecular complexity index is 278. The molecule has 1 saturated carbocycles. The van der Waals surface area contributed by atoms with E-state index in [1.54, 1.807) is 0 Å². The van der Waals surface area contributed by atoms with Gasteiger partial charge in [-0.05, 0) is 37.5 Å². The van der Waals surface area contributed by atoms with Crippen molar-refractivity contribution in [2.24, 2.45) is 17.6 Å². The minimum atomic E-state index is 0.233. The van der Waals surface area contributed by atoms with Crippen LogP contribution in [0.1, 0.15) is 84.5 Å². The molecule has 0 aliphatic heterocycles. The molecule has 0 saturated heterocycles. The Kier molecular flexibility index (Phi) is 9.73. The molecule has 1 amide bonds. The summed E-state index contributed by atoms with van der Waals surface area (Å²) in [7, 11) is 0. The van der Waals surface area contributed by atoms with Crippen LogP contribution in [0, 0.1) is 11.8 Å². The van der Waals surface area contributed by atoms with Gasteiger partial charge in [-0.3, -0.25) is 4.79 Å². The summed E-state index contributed by atoms with van der Waals surface area (Å²) < 4.78 is 0. The van der Waals surface area contributed by atoms with E-state index in [9.17, 15) is 4.79 Å². The van der Waals surface area contributed by atoms with E-state index in [0.717, 1.165) is 31.7 Å². The molecule has 21 heavy (non-hydrogen) atoms. The predicted molar refractivity (Wildman–Crippen MR) is 90.1 cm³/mol. The van der Waals surface area contributed by atoms with Gasteiger partial charge >= 0.3 is 0 Å². The maximum Gasteiger partial charge on any atom is 0.220 e. The van der Waals surface area contributed by atoms with Gasteiger partial charge in [0.1, 0.15) is 0 Å².